The zero-order valence-electron chi connectivity index (χ0n) is 10.9. The van der Waals surface area contributed by atoms with Crippen molar-refractivity contribution in [2.24, 2.45) is 5.41 Å². The van der Waals surface area contributed by atoms with E-state index in [2.05, 4.69) is 22.4 Å². The maximum absolute atomic E-state index is 13.5. The molecule has 4 nitrogen and oxygen atoms in total. The number of benzene rings is 1. The number of H-pyrrole nitrogens is 1. The van der Waals surface area contributed by atoms with Gasteiger partial charge in [0, 0.05) is 18.5 Å². The normalized spacial score (nSPS) is 18.7. The van der Waals surface area contributed by atoms with Crippen LogP contribution in [0.2, 0.25) is 0 Å². The molecule has 1 aliphatic rings. The van der Waals surface area contributed by atoms with Gasteiger partial charge in [-0.05, 0) is 29.9 Å². The van der Waals surface area contributed by atoms with Gasteiger partial charge in [0.25, 0.3) is 0 Å². The molecule has 0 aliphatic heterocycles. The average molecular weight is 263 g/mol. The van der Waals surface area contributed by atoms with E-state index in [1.807, 2.05) is 0 Å². The number of aliphatic hydroxyl groups excluding tert-OH is 1. The third-order valence-electron chi connectivity index (χ3n) is 3.95. The Morgan fingerprint density at radius 2 is 2.32 bits per heavy atom. The number of hydrogen-bond donors (Lipinski definition) is 3. The quantitative estimate of drug-likeness (QED) is 0.774. The second kappa shape index (κ2) is 4.58. The van der Waals surface area contributed by atoms with Gasteiger partial charge in [-0.3, -0.25) is 5.10 Å². The van der Waals surface area contributed by atoms with Gasteiger partial charge in [0.05, 0.1) is 12.3 Å². The van der Waals surface area contributed by atoms with Crippen molar-refractivity contribution in [3.63, 3.8) is 0 Å². The van der Waals surface area contributed by atoms with Crippen molar-refractivity contribution in [3.05, 3.63) is 29.7 Å². The highest BCUT2D eigenvalue weighted by Gasteiger charge is 2.36. The number of aliphatic hydroxyl groups is 1. The molecule has 3 rings (SSSR count). The van der Waals surface area contributed by atoms with E-state index in [1.54, 1.807) is 12.3 Å². The molecule has 3 N–H and O–H groups in total. The van der Waals surface area contributed by atoms with Crippen molar-refractivity contribution in [2.75, 3.05) is 13.1 Å². The maximum Gasteiger partial charge on any atom is 0.148 e. The summed E-state index contributed by atoms with van der Waals surface area (Å²) in [6.45, 7) is 3.62. The lowest BCUT2D eigenvalue weighted by Crippen LogP contribution is -2.27. The first-order chi connectivity index (χ1) is 9.09. The van der Waals surface area contributed by atoms with Gasteiger partial charge in [-0.25, -0.2) is 4.39 Å². The Bertz CT molecular complexity index is 591. The fraction of sp³-hybridized carbons (Fsp3) is 0.500. The van der Waals surface area contributed by atoms with E-state index in [0.29, 0.717) is 28.4 Å². The third-order valence-corrected chi connectivity index (χ3v) is 3.95. The van der Waals surface area contributed by atoms with Crippen LogP contribution in [0.15, 0.2) is 18.3 Å². The molecule has 0 spiro atoms. The molecule has 1 fully saturated rings. The fourth-order valence-electron chi connectivity index (χ4n) is 2.32. The van der Waals surface area contributed by atoms with Gasteiger partial charge < -0.3 is 10.4 Å². The van der Waals surface area contributed by atoms with Gasteiger partial charge in [-0.2, -0.15) is 5.10 Å². The molecule has 1 aromatic carbocycles. The molecule has 0 unspecified atom stereocenters. The van der Waals surface area contributed by atoms with Crippen LogP contribution in [0.1, 0.15) is 31.4 Å². The van der Waals surface area contributed by atoms with Crippen molar-refractivity contribution in [1.29, 1.82) is 0 Å². The standard InChI is InChI=1S/C14H18FN3O/c1-14(4-5-14)8-16-7-12(19)9-2-3-11(15)13-10(9)6-17-18-13/h2-3,6,12,16,19H,4-5,7-8H2,1H3,(H,17,18)/t12-/m0/s1. The van der Waals surface area contributed by atoms with E-state index < -0.39 is 6.10 Å². The first-order valence-corrected chi connectivity index (χ1v) is 6.59. The SMILES string of the molecule is CC1(CNC[C@H](O)c2ccc(F)c3[nH]ncc23)CC1. The van der Waals surface area contributed by atoms with Crippen molar-refractivity contribution in [2.45, 2.75) is 25.9 Å². The summed E-state index contributed by atoms with van der Waals surface area (Å²) >= 11 is 0. The molecule has 1 aliphatic carbocycles. The van der Waals surface area contributed by atoms with Crippen LogP contribution >= 0.6 is 0 Å². The Kier molecular flexibility index (Phi) is 3.03. The van der Waals surface area contributed by atoms with E-state index in [1.165, 1.54) is 18.9 Å². The number of nitrogens with one attached hydrogen (secondary N) is 2. The molecule has 5 heteroatoms. The summed E-state index contributed by atoms with van der Waals surface area (Å²) in [5, 5.41) is 20.6. The Morgan fingerprint density at radius 3 is 3.05 bits per heavy atom. The van der Waals surface area contributed by atoms with Crippen LogP contribution in [-0.2, 0) is 0 Å². The molecular formula is C14H18FN3O. The molecule has 0 saturated heterocycles. The minimum atomic E-state index is -0.650. The topological polar surface area (TPSA) is 60.9 Å². The maximum atomic E-state index is 13.5. The largest absolute Gasteiger partial charge is 0.387 e. The smallest absolute Gasteiger partial charge is 0.148 e. The van der Waals surface area contributed by atoms with Gasteiger partial charge in [0.1, 0.15) is 11.3 Å². The lowest BCUT2D eigenvalue weighted by Gasteiger charge is -2.15. The van der Waals surface area contributed by atoms with E-state index in [-0.39, 0.29) is 5.82 Å². The highest BCUT2D eigenvalue weighted by Crippen LogP contribution is 2.44. The van der Waals surface area contributed by atoms with Crippen LogP contribution in [0.4, 0.5) is 4.39 Å². The summed E-state index contributed by atoms with van der Waals surface area (Å²) in [6, 6.07) is 2.99. The van der Waals surface area contributed by atoms with Crippen molar-refractivity contribution < 1.29 is 9.50 Å². The molecule has 102 valence electrons. The highest BCUT2D eigenvalue weighted by molar-refractivity contribution is 5.82. The molecule has 0 amide bonds. The van der Waals surface area contributed by atoms with Crippen LogP contribution < -0.4 is 5.32 Å². The van der Waals surface area contributed by atoms with Crippen molar-refractivity contribution >= 4 is 10.9 Å². The Balaban J connectivity index is 1.72. The predicted molar refractivity (Wildman–Crippen MR) is 71.2 cm³/mol. The summed E-state index contributed by atoms with van der Waals surface area (Å²) in [4.78, 5) is 0. The number of nitrogens with zero attached hydrogens (tertiary/aromatic N) is 1. The van der Waals surface area contributed by atoms with Crippen molar-refractivity contribution in [1.82, 2.24) is 15.5 Å². The number of halogens is 1. The molecule has 0 radical (unpaired) electrons. The van der Waals surface area contributed by atoms with Crippen LogP contribution in [0.3, 0.4) is 0 Å². The van der Waals surface area contributed by atoms with Crippen LogP contribution in [0.25, 0.3) is 10.9 Å². The first kappa shape index (κ1) is 12.6. The van der Waals surface area contributed by atoms with Crippen LogP contribution in [0, 0.1) is 11.2 Å². The Hall–Kier alpha value is -1.46. The number of aromatic nitrogens is 2. The molecule has 19 heavy (non-hydrogen) atoms. The first-order valence-electron chi connectivity index (χ1n) is 6.59. The summed E-state index contributed by atoms with van der Waals surface area (Å²) < 4.78 is 13.5. The third kappa shape index (κ3) is 2.48. The highest BCUT2D eigenvalue weighted by atomic mass is 19.1. The van der Waals surface area contributed by atoms with Gasteiger partial charge in [-0.15, -0.1) is 0 Å². The van der Waals surface area contributed by atoms with Crippen LogP contribution in [-0.4, -0.2) is 28.4 Å². The number of aromatic amines is 1. The average Bonchev–Trinajstić information content (AvgIpc) is 2.92. The molecule has 1 saturated carbocycles. The van der Waals surface area contributed by atoms with E-state index in [4.69, 9.17) is 0 Å². The summed E-state index contributed by atoms with van der Waals surface area (Å²) in [7, 11) is 0. The molecule has 0 bridgehead atoms. The van der Waals surface area contributed by atoms with Gasteiger partial charge in [-0.1, -0.05) is 13.0 Å². The number of fused-ring (bicyclic) bond motifs is 1. The molecule has 1 atom stereocenters. The van der Waals surface area contributed by atoms with E-state index in [0.717, 1.165) is 6.54 Å². The lowest BCUT2D eigenvalue weighted by molar-refractivity contribution is 0.174. The summed E-state index contributed by atoms with van der Waals surface area (Å²) in [5.74, 6) is -0.345. The monoisotopic (exact) mass is 263 g/mol. The molecular weight excluding hydrogens is 245 g/mol. The molecule has 1 aromatic heterocycles. The van der Waals surface area contributed by atoms with E-state index in [9.17, 15) is 9.50 Å². The minimum absolute atomic E-state index is 0.345. The zero-order valence-corrected chi connectivity index (χ0v) is 10.9. The van der Waals surface area contributed by atoms with Crippen molar-refractivity contribution in [3.8, 4) is 0 Å². The Morgan fingerprint density at radius 1 is 1.53 bits per heavy atom. The number of rotatable bonds is 5. The van der Waals surface area contributed by atoms with E-state index >= 15 is 0 Å². The van der Waals surface area contributed by atoms with Gasteiger partial charge >= 0.3 is 0 Å². The molecule has 1 heterocycles. The van der Waals surface area contributed by atoms with Gasteiger partial charge in [0.15, 0.2) is 0 Å². The minimum Gasteiger partial charge on any atom is -0.387 e. The number of hydrogen-bond acceptors (Lipinski definition) is 3. The Labute approximate surface area is 111 Å². The predicted octanol–water partition coefficient (Wildman–Crippen LogP) is 2.13. The summed E-state index contributed by atoms with van der Waals surface area (Å²) in [6.07, 6.45) is 3.40. The second-order valence-corrected chi connectivity index (χ2v) is 5.75. The zero-order chi connectivity index (χ0) is 13.5. The van der Waals surface area contributed by atoms with Gasteiger partial charge in [0.2, 0.25) is 0 Å². The second-order valence-electron chi connectivity index (χ2n) is 5.75. The summed E-state index contributed by atoms with van der Waals surface area (Å²) in [5.41, 5.74) is 1.47. The lowest BCUT2D eigenvalue weighted by atomic mass is 10.0. The van der Waals surface area contributed by atoms with Crippen LogP contribution in [0.5, 0.6) is 0 Å². The molecule has 2 aromatic rings. The fourth-order valence-corrected chi connectivity index (χ4v) is 2.32.